The first kappa shape index (κ1) is 25.5. The van der Waals surface area contributed by atoms with Gasteiger partial charge in [-0.05, 0) is 116 Å². The summed E-state index contributed by atoms with van der Waals surface area (Å²) >= 11 is 2.16. The van der Waals surface area contributed by atoms with E-state index in [1.807, 2.05) is 25.1 Å². The highest BCUT2D eigenvalue weighted by atomic mass is 127. The molecule has 5 aliphatic rings. The molecule has 8 atom stereocenters. The summed E-state index contributed by atoms with van der Waals surface area (Å²) in [5.74, 6) is 0.639. The zero-order chi connectivity index (χ0) is 26.4. The van der Waals surface area contributed by atoms with Gasteiger partial charge in [-0.2, -0.15) is 0 Å². The van der Waals surface area contributed by atoms with Crippen molar-refractivity contribution in [3.8, 4) is 0 Å². The van der Waals surface area contributed by atoms with Gasteiger partial charge in [0.15, 0.2) is 23.0 Å². The van der Waals surface area contributed by atoms with Gasteiger partial charge in [-0.1, -0.05) is 36.7 Å². The number of ketones is 2. The molecule has 0 spiro atoms. The van der Waals surface area contributed by atoms with E-state index in [9.17, 15) is 9.59 Å². The molecule has 6 rings (SSSR count). The zero-order valence-corrected chi connectivity index (χ0v) is 24.1. The van der Waals surface area contributed by atoms with Crippen LogP contribution in [-0.2, 0) is 24.8 Å². The number of fused-ring (bicyclic) bond motifs is 7. The monoisotopic (exact) mass is 615 g/mol. The Hall–Kier alpha value is -1.74. The van der Waals surface area contributed by atoms with Crippen LogP contribution < -0.4 is 0 Å². The molecule has 0 aromatic heterocycles. The Morgan fingerprint density at radius 3 is 2.65 bits per heavy atom. The summed E-state index contributed by atoms with van der Waals surface area (Å²) in [5.41, 5.74) is 10.4. The van der Waals surface area contributed by atoms with Crippen LogP contribution in [0.3, 0.4) is 0 Å². The molecule has 8 heteroatoms. The van der Waals surface area contributed by atoms with Crippen molar-refractivity contribution in [3.05, 3.63) is 49.4 Å². The molecule has 1 saturated heterocycles. The van der Waals surface area contributed by atoms with E-state index in [0.717, 1.165) is 47.7 Å². The van der Waals surface area contributed by atoms with Gasteiger partial charge in [-0.15, -0.1) is 0 Å². The Kier molecular flexibility index (Phi) is 5.78. The highest BCUT2D eigenvalue weighted by Crippen LogP contribution is 2.71. The van der Waals surface area contributed by atoms with Gasteiger partial charge in [0, 0.05) is 25.9 Å². The summed E-state index contributed by atoms with van der Waals surface area (Å²) in [5, 5.41) is 3.75. The number of Topliss-reactive ketones (excluding diaryl/α,β-unsaturated/α-hetero) is 1. The van der Waals surface area contributed by atoms with Crippen molar-refractivity contribution in [3.63, 3.8) is 0 Å². The second kappa shape index (κ2) is 8.38. The van der Waals surface area contributed by atoms with E-state index in [1.165, 1.54) is 5.57 Å². The molecule has 37 heavy (non-hydrogen) atoms. The molecule has 0 unspecified atom stereocenters. The Balaban J connectivity index is 1.36. The first-order valence-electron chi connectivity index (χ1n) is 13.5. The van der Waals surface area contributed by atoms with Crippen LogP contribution in [0, 0.1) is 32.2 Å². The SMILES string of the molecule is CC(=O)[C@@]12O[C@](C)(c3ccc(N=[N+]=[N-])c(I)c3)O[C@@H]1C[C@H]1[C@@H]3CCC4=CC(=O)CC[C@]4(C)[C@H]3CC[C@@]12C. The highest BCUT2D eigenvalue weighted by Gasteiger charge is 2.75. The molecule has 1 heterocycles. The minimum Gasteiger partial charge on any atom is -0.339 e. The van der Waals surface area contributed by atoms with Crippen LogP contribution in [0.25, 0.3) is 10.4 Å². The third-order valence-electron chi connectivity index (χ3n) is 11.0. The predicted molar refractivity (Wildman–Crippen MR) is 147 cm³/mol. The van der Waals surface area contributed by atoms with Crippen LogP contribution in [0.4, 0.5) is 5.69 Å². The molecular formula is C29H34IN3O4. The summed E-state index contributed by atoms with van der Waals surface area (Å²) in [4.78, 5) is 28.7. The molecule has 1 aromatic rings. The second-order valence-corrected chi connectivity index (χ2v) is 13.6. The van der Waals surface area contributed by atoms with Crippen molar-refractivity contribution < 1.29 is 19.1 Å². The second-order valence-electron chi connectivity index (χ2n) is 12.5. The maximum absolute atomic E-state index is 13.6. The molecule has 4 aliphatic carbocycles. The van der Waals surface area contributed by atoms with Gasteiger partial charge in [0.25, 0.3) is 0 Å². The van der Waals surface area contributed by atoms with Crippen molar-refractivity contribution in [2.24, 2.45) is 33.7 Å². The summed E-state index contributed by atoms with van der Waals surface area (Å²) < 4.78 is 14.5. The molecule has 0 bridgehead atoms. The van der Waals surface area contributed by atoms with Crippen molar-refractivity contribution in [2.45, 2.75) is 90.1 Å². The lowest BCUT2D eigenvalue weighted by Crippen LogP contribution is -2.59. The molecule has 1 aliphatic heterocycles. The Morgan fingerprint density at radius 1 is 1.16 bits per heavy atom. The van der Waals surface area contributed by atoms with E-state index < -0.39 is 11.4 Å². The van der Waals surface area contributed by atoms with Gasteiger partial charge in [0.05, 0.1) is 11.8 Å². The zero-order valence-electron chi connectivity index (χ0n) is 21.9. The van der Waals surface area contributed by atoms with Gasteiger partial charge in [-0.25, -0.2) is 0 Å². The van der Waals surface area contributed by atoms with E-state index >= 15 is 0 Å². The minimum atomic E-state index is -1.06. The number of rotatable bonds is 3. The maximum Gasteiger partial charge on any atom is 0.193 e. The fourth-order valence-corrected chi connectivity index (χ4v) is 9.83. The summed E-state index contributed by atoms with van der Waals surface area (Å²) in [6.07, 6.45) is 8.04. The summed E-state index contributed by atoms with van der Waals surface area (Å²) in [6, 6.07) is 5.58. The fourth-order valence-electron chi connectivity index (χ4n) is 9.20. The number of nitrogens with zero attached hydrogens (tertiary/aromatic N) is 3. The van der Waals surface area contributed by atoms with Gasteiger partial charge >= 0.3 is 0 Å². The quantitative estimate of drug-likeness (QED) is 0.154. The normalized spacial score (nSPS) is 44.1. The number of azide groups is 1. The number of halogens is 1. The Bertz CT molecular complexity index is 1290. The number of allylic oxidation sites excluding steroid dienone is 1. The lowest BCUT2D eigenvalue weighted by Gasteiger charge is -2.59. The largest absolute Gasteiger partial charge is 0.339 e. The molecular weight excluding hydrogens is 581 g/mol. The lowest BCUT2D eigenvalue weighted by molar-refractivity contribution is -0.227. The highest BCUT2D eigenvalue weighted by molar-refractivity contribution is 14.1. The molecule has 7 nitrogen and oxygen atoms in total. The van der Waals surface area contributed by atoms with Crippen LogP contribution in [0.15, 0.2) is 35.0 Å². The molecule has 3 saturated carbocycles. The molecule has 1 aromatic carbocycles. The minimum absolute atomic E-state index is 0.0518. The fraction of sp³-hybridized carbons (Fsp3) is 0.655. The van der Waals surface area contributed by atoms with Crippen LogP contribution in [0.2, 0.25) is 0 Å². The number of hydrogen-bond acceptors (Lipinski definition) is 5. The van der Waals surface area contributed by atoms with E-state index in [4.69, 9.17) is 15.0 Å². The number of carbonyl (C=O) groups excluding carboxylic acids is 2. The standard InChI is InChI=1S/C29H34IN3O4/c1-16(34)29-25(36-28(4,37-29)18-6-8-24(32-33-31)23(30)14-18)15-22-20-7-5-17-13-19(35)9-11-26(17,2)21(20)10-12-27(22,29)3/h6,8,13-14,20-22,25H,5,7,9-12,15H2,1-4H3/t20-,21+,22+,25-,26+,27+,28-,29-/m1/s1. The van der Waals surface area contributed by atoms with E-state index in [2.05, 4.69) is 46.5 Å². The average Bonchev–Trinajstić information content (AvgIpc) is 3.29. The number of hydrogen-bond donors (Lipinski definition) is 0. The molecule has 0 N–H and O–H groups in total. The summed E-state index contributed by atoms with van der Waals surface area (Å²) in [6.45, 7) is 8.24. The topological polar surface area (TPSA) is 101 Å². The van der Waals surface area contributed by atoms with Crippen LogP contribution in [0.1, 0.15) is 78.2 Å². The first-order chi connectivity index (χ1) is 17.5. The Morgan fingerprint density at radius 2 is 1.95 bits per heavy atom. The van der Waals surface area contributed by atoms with E-state index in [1.54, 1.807) is 13.0 Å². The van der Waals surface area contributed by atoms with Crippen molar-refractivity contribution >= 4 is 39.8 Å². The van der Waals surface area contributed by atoms with Gasteiger partial charge < -0.3 is 9.47 Å². The smallest absolute Gasteiger partial charge is 0.193 e. The number of ether oxygens (including phenoxy) is 2. The average molecular weight is 616 g/mol. The third-order valence-corrected chi connectivity index (χ3v) is 11.9. The van der Waals surface area contributed by atoms with E-state index in [0.29, 0.717) is 29.9 Å². The van der Waals surface area contributed by atoms with Crippen LogP contribution >= 0.6 is 22.6 Å². The molecule has 4 fully saturated rings. The maximum atomic E-state index is 13.6. The molecule has 0 amide bonds. The van der Waals surface area contributed by atoms with Gasteiger partial charge in [-0.3, -0.25) is 9.59 Å². The van der Waals surface area contributed by atoms with Crippen molar-refractivity contribution in [1.29, 1.82) is 0 Å². The summed E-state index contributed by atoms with van der Waals surface area (Å²) in [7, 11) is 0. The van der Waals surface area contributed by atoms with Gasteiger partial charge in [0.2, 0.25) is 0 Å². The Labute approximate surface area is 231 Å². The van der Waals surface area contributed by atoms with Crippen molar-refractivity contribution in [1.82, 2.24) is 0 Å². The van der Waals surface area contributed by atoms with Crippen molar-refractivity contribution in [2.75, 3.05) is 0 Å². The van der Waals surface area contributed by atoms with Crippen LogP contribution in [-0.4, -0.2) is 23.3 Å². The predicted octanol–water partition coefficient (Wildman–Crippen LogP) is 7.29. The number of benzene rings is 1. The van der Waals surface area contributed by atoms with E-state index in [-0.39, 0.29) is 28.5 Å². The van der Waals surface area contributed by atoms with Gasteiger partial charge in [0.1, 0.15) is 0 Å². The lowest BCUT2D eigenvalue weighted by atomic mass is 9.46. The third kappa shape index (κ3) is 3.34. The molecule has 0 radical (unpaired) electrons. The number of carbonyl (C=O) groups is 2. The van der Waals surface area contributed by atoms with Crippen LogP contribution in [0.5, 0.6) is 0 Å². The first-order valence-corrected chi connectivity index (χ1v) is 14.5. The molecule has 196 valence electrons.